The molecule has 2 aromatic carbocycles. The van der Waals surface area contributed by atoms with Crippen LogP contribution in [0.3, 0.4) is 0 Å². The lowest BCUT2D eigenvalue weighted by Gasteiger charge is -2.10. The summed E-state index contributed by atoms with van der Waals surface area (Å²) < 4.78 is 0. The quantitative estimate of drug-likeness (QED) is 0.321. The maximum atomic E-state index is 12.3. The zero-order chi connectivity index (χ0) is 19.6. The van der Waals surface area contributed by atoms with Crippen molar-refractivity contribution in [3.8, 4) is 0 Å². The average molecular weight is 367 g/mol. The minimum Gasteiger partial charge on any atom is -0.352 e. The molecule has 0 aliphatic carbocycles. The number of benzene rings is 2. The lowest BCUT2D eigenvalue weighted by Crippen LogP contribution is -2.25. The van der Waals surface area contributed by atoms with Gasteiger partial charge in [0.05, 0.1) is 21.7 Å². The van der Waals surface area contributed by atoms with E-state index >= 15 is 0 Å². The van der Waals surface area contributed by atoms with Gasteiger partial charge in [-0.25, -0.2) is 0 Å². The molecule has 0 aliphatic heterocycles. The van der Waals surface area contributed by atoms with Crippen LogP contribution in [0.2, 0.25) is 0 Å². The van der Waals surface area contributed by atoms with E-state index in [2.05, 4.69) is 10.6 Å². The number of nitrogens with one attached hydrogen (secondary N) is 2. The topological polar surface area (TPSA) is 101 Å². The molecule has 0 fully saturated rings. The number of rotatable bonds is 8. The summed E-state index contributed by atoms with van der Waals surface area (Å²) in [6, 6.07) is 12.8. The molecule has 0 saturated carbocycles. The summed E-state index contributed by atoms with van der Waals surface area (Å²) in [7, 11) is 0. The third-order valence-electron chi connectivity index (χ3n) is 3.79. The number of carbonyl (C=O) groups excluding carboxylic acids is 2. The predicted octanol–water partition coefficient (Wildman–Crippen LogP) is 3.78. The fourth-order valence-electron chi connectivity index (χ4n) is 2.40. The lowest BCUT2D eigenvalue weighted by molar-refractivity contribution is -0.385. The summed E-state index contributed by atoms with van der Waals surface area (Å²) in [5.41, 5.74) is 0.977. The van der Waals surface area contributed by atoms with Gasteiger partial charge >= 0.3 is 0 Å². The molecule has 0 unspecified atom stereocenters. The Labute approximate surface area is 157 Å². The Kier molecular flexibility index (Phi) is 7.25. The Morgan fingerprint density at radius 2 is 1.81 bits per heavy atom. The molecule has 27 heavy (non-hydrogen) atoms. The number of anilines is 1. The van der Waals surface area contributed by atoms with Gasteiger partial charge in [0.2, 0.25) is 5.91 Å². The molecule has 0 spiro atoms. The number of amides is 2. The Morgan fingerprint density at radius 1 is 1.11 bits per heavy atom. The van der Waals surface area contributed by atoms with Crippen LogP contribution in [0.1, 0.15) is 35.7 Å². The van der Waals surface area contributed by atoms with E-state index in [1.165, 1.54) is 18.2 Å². The third-order valence-corrected chi connectivity index (χ3v) is 3.79. The minimum atomic E-state index is -0.506. The van der Waals surface area contributed by atoms with E-state index in [0.717, 1.165) is 12.8 Å². The van der Waals surface area contributed by atoms with Gasteiger partial charge in [-0.3, -0.25) is 19.7 Å². The number of hydrogen-bond acceptors (Lipinski definition) is 4. The summed E-state index contributed by atoms with van der Waals surface area (Å²) in [5.74, 6) is -0.746. The SMILES string of the molecule is CCCCNC(=O)c1ccccc1NC(=O)/C=C/c1ccccc1[N+](=O)[O-]. The maximum absolute atomic E-state index is 12.3. The molecule has 0 saturated heterocycles. The molecule has 2 rings (SSSR count). The summed E-state index contributed by atoms with van der Waals surface area (Å²) in [6.45, 7) is 2.60. The molecule has 2 N–H and O–H groups in total. The van der Waals surface area contributed by atoms with E-state index in [0.29, 0.717) is 23.4 Å². The fourth-order valence-corrected chi connectivity index (χ4v) is 2.40. The van der Waals surface area contributed by atoms with Crippen LogP contribution in [0.15, 0.2) is 54.6 Å². The summed E-state index contributed by atoms with van der Waals surface area (Å²) in [4.78, 5) is 35.0. The second-order valence-electron chi connectivity index (χ2n) is 5.79. The number of carbonyl (C=O) groups is 2. The maximum Gasteiger partial charge on any atom is 0.276 e. The molecule has 0 bridgehead atoms. The summed E-state index contributed by atoms with van der Waals surface area (Å²) in [5, 5.41) is 16.5. The Morgan fingerprint density at radius 3 is 2.56 bits per heavy atom. The van der Waals surface area contributed by atoms with Crippen LogP contribution >= 0.6 is 0 Å². The fraction of sp³-hybridized carbons (Fsp3) is 0.200. The standard InChI is InChI=1S/C20H21N3O4/c1-2-3-14-21-20(25)16-9-5-6-10-17(16)22-19(24)13-12-15-8-4-7-11-18(15)23(26)27/h4-13H,2-3,14H2,1H3,(H,21,25)(H,22,24)/b13-12+. The molecule has 0 atom stereocenters. The smallest absolute Gasteiger partial charge is 0.276 e. The highest BCUT2D eigenvalue weighted by molar-refractivity contribution is 6.07. The van der Waals surface area contributed by atoms with Gasteiger partial charge in [0.1, 0.15) is 0 Å². The van der Waals surface area contributed by atoms with Crippen LogP contribution in [0, 0.1) is 10.1 Å². The van der Waals surface area contributed by atoms with E-state index in [1.807, 2.05) is 6.92 Å². The van der Waals surface area contributed by atoms with Gasteiger partial charge in [-0.15, -0.1) is 0 Å². The first-order valence-electron chi connectivity index (χ1n) is 8.62. The lowest BCUT2D eigenvalue weighted by atomic mass is 10.1. The van der Waals surface area contributed by atoms with Gasteiger partial charge in [0.15, 0.2) is 0 Å². The van der Waals surface area contributed by atoms with Crippen LogP contribution in [0.4, 0.5) is 11.4 Å². The minimum absolute atomic E-state index is 0.0859. The molecule has 2 aromatic rings. The van der Waals surface area contributed by atoms with Crippen molar-refractivity contribution in [2.45, 2.75) is 19.8 Å². The van der Waals surface area contributed by atoms with Crippen LogP contribution in [-0.2, 0) is 4.79 Å². The zero-order valence-electron chi connectivity index (χ0n) is 15.0. The first-order valence-corrected chi connectivity index (χ1v) is 8.62. The zero-order valence-corrected chi connectivity index (χ0v) is 15.0. The molecule has 0 heterocycles. The third kappa shape index (κ3) is 5.78. The first-order chi connectivity index (χ1) is 13.0. The van der Waals surface area contributed by atoms with E-state index in [9.17, 15) is 19.7 Å². The van der Waals surface area contributed by atoms with Crippen molar-refractivity contribution in [3.05, 3.63) is 75.8 Å². The van der Waals surface area contributed by atoms with Gasteiger partial charge in [0, 0.05) is 18.7 Å². The molecular weight excluding hydrogens is 346 g/mol. The highest BCUT2D eigenvalue weighted by Crippen LogP contribution is 2.19. The predicted molar refractivity (Wildman–Crippen MR) is 104 cm³/mol. The molecule has 2 amide bonds. The molecule has 0 aliphatic rings. The number of hydrogen-bond donors (Lipinski definition) is 2. The van der Waals surface area contributed by atoms with Gasteiger partial charge in [-0.05, 0) is 30.7 Å². The van der Waals surface area contributed by atoms with Crippen molar-refractivity contribution < 1.29 is 14.5 Å². The second-order valence-corrected chi connectivity index (χ2v) is 5.79. The Balaban J connectivity index is 2.10. The van der Waals surface area contributed by atoms with Gasteiger partial charge in [0.25, 0.3) is 11.6 Å². The second kappa shape index (κ2) is 9.86. The van der Waals surface area contributed by atoms with Crippen molar-refractivity contribution in [1.29, 1.82) is 0 Å². The first kappa shape index (κ1) is 19.8. The highest BCUT2D eigenvalue weighted by atomic mass is 16.6. The average Bonchev–Trinajstić information content (AvgIpc) is 2.67. The Bertz CT molecular complexity index is 862. The van der Waals surface area contributed by atoms with E-state index in [-0.39, 0.29) is 11.6 Å². The van der Waals surface area contributed by atoms with Crippen molar-refractivity contribution in [3.63, 3.8) is 0 Å². The number of unbranched alkanes of at least 4 members (excludes halogenated alkanes) is 1. The van der Waals surface area contributed by atoms with Crippen molar-refractivity contribution in [2.75, 3.05) is 11.9 Å². The van der Waals surface area contributed by atoms with Gasteiger partial charge in [-0.2, -0.15) is 0 Å². The Hall–Kier alpha value is -3.48. The number of nitro groups is 1. The molecule has 7 heteroatoms. The molecule has 0 aromatic heterocycles. The van der Waals surface area contributed by atoms with E-state index in [1.54, 1.807) is 42.5 Å². The largest absolute Gasteiger partial charge is 0.352 e. The van der Waals surface area contributed by atoms with Crippen LogP contribution in [-0.4, -0.2) is 23.3 Å². The summed E-state index contributed by atoms with van der Waals surface area (Å²) in [6.07, 6.45) is 4.42. The van der Waals surface area contributed by atoms with E-state index in [4.69, 9.17) is 0 Å². The molecule has 7 nitrogen and oxygen atoms in total. The molecule has 140 valence electrons. The van der Waals surface area contributed by atoms with E-state index < -0.39 is 10.8 Å². The van der Waals surface area contributed by atoms with Crippen LogP contribution < -0.4 is 10.6 Å². The van der Waals surface area contributed by atoms with Crippen molar-refractivity contribution >= 4 is 29.3 Å². The van der Waals surface area contributed by atoms with Crippen LogP contribution in [0.25, 0.3) is 6.08 Å². The van der Waals surface area contributed by atoms with Gasteiger partial charge < -0.3 is 10.6 Å². The van der Waals surface area contributed by atoms with Gasteiger partial charge in [-0.1, -0.05) is 37.6 Å². The van der Waals surface area contributed by atoms with Crippen molar-refractivity contribution in [1.82, 2.24) is 5.32 Å². The number of nitro benzene ring substituents is 1. The molecular formula is C20H21N3O4. The summed E-state index contributed by atoms with van der Waals surface area (Å²) >= 11 is 0. The van der Waals surface area contributed by atoms with Crippen LogP contribution in [0.5, 0.6) is 0 Å². The molecule has 0 radical (unpaired) electrons. The number of nitrogens with zero attached hydrogens (tertiary/aromatic N) is 1. The highest BCUT2D eigenvalue weighted by Gasteiger charge is 2.13. The number of para-hydroxylation sites is 2. The van der Waals surface area contributed by atoms with Crippen molar-refractivity contribution in [2.24, 2.45) is 0 Å². The monoisotopic (exact) mass is 367 g/mol. The normalized spacial score (nSPS) is 10.6.